The van der Waals surface area contributed by atoms with Crippen molar-refractivity contribution in [3.05, 3.63) is 58.7 Å². The Morgan fingerprint density at radius 2 is 1.89 bits per heavy atom. The molecule has 6 nitrogen and oxygen atoms in total. The Hall–Kier alpha value is -3.36. The molecule has 0 aliphatic heterocycles. The summed E-state index contributed by atoms with van der Waals surface area (Å²) in [6.07, 6.45) is 0.645. The predicted octanol–water partition coefficient (Wildman–Crippen LogP) is 2.67. The van der Waals surface area contributed by atoms with Crippen molar-refractivity contribution in [3.8, 4) is 11.1 Å². The van der Waals surface area contributed by atoms with Crippen molar-refractivity contribution in [2.24, 2.45) is 0 Å². The number of hydrogen-bond donors (Lipinski definition) is 2. The predicted molar refractivity (Wildman–Crippen MR) is 93.0 cm³/mol. The lowest BCUT2D eigenvalue weighted by Gasteiger charge is -2.11. The number of carbonyl (C=O) groups is 1. The van der Waals surface area contributed by atoms with Crippen molar-refractivity contribution in [1.29, 1.82) is 0 Å². The number of benzene rings is 2. The average molecular weight is 376 g/mol. The number of amides is 1. The Morgan fingerprint density at radius 3 is 2.52 bits per heavy atom. The van der Waals surface area contributed by atoms with Crippen LogP contribution in [0.1, 0.15) is 23.8 Å². The molecule has 3 rings (SSSR count). The van der Waals surface area contributed by atoms with Gasteiger partial charge >= 0.3 is 11.6 Å². The highest BCUT2D eigenvalue weighted by Crippen LogP contribution is 2.33. The first-order valence-electron chi connectivity index (χ1n) is 8.09. The average Bonchev–Trinajstić information content (AvgIpc) is 2.58. The van der Waals surface area contributed by atoms with Gasteiger partial charge < -0.3 is 16.3 Å². The molecule has 9 heteroatoms. The molecule has 1 heterocycles. The van der Waals surface area contributed by atoms with Gasteiger partial charge in [-0.05, 0) is 41.1 Å². The van der Waals surface area contributed by atoms with Crippen LogP contribution in [0.3, 0.4) is 0 Å². The molecule has 0 bridgehead atoms. The number of carbonyl (C=O) groups excluding carboxylic acids is 1. The summed E-state index contributed by atoms with van der Waals surface area (Å²) >= 11 is 0. The Kier molecular flexibility index (Phi) is 4.85. The lowest BCUT2D eigenvalue weighted by Crippen LogP contribution is -2.43. The lowest BCUT2D eigenvalue weighted by molar-refractivity contribution is -0.667. The monoisotopic (exact) mass is 376 g/mol. The number of nitrogens with two attached hydrogens (primary N) is 1. The van der Waals surface area contributed by atoms with Crippen LogP contribution >= 0.6 is 0 Å². The normalized spacial score (nSPS) is 11.0. The van der Waals surface area contributed by atoms with Gasteiger partial charge in [-0.1, -0.05) is 6.92 Å². The van der Waals surface area contributed by atoms with Gasteiger partial charge in [-0.15, -0.1) is 0 Å². The van der Waals surface area contributed by atoms with Crippen LogP contribution in [-0.4, -0.2) is 17.6 Å². The van der Waals surface area contributed by atoms with E-state index >= 15 is 0 Å². The standard InChI is InChI=1S/C18H15F3N4O2/c1-2-5-23-18(26)17-15(22)12-3-4-13(21)14(16(12)24-25(17)27)9-6-10(19)8-11(20)7-9/h3-4,6-8H,2,5,22H2,1H3,(H,23,26). The van der Waals surface area contributed by atoms with Crippen molar-refractivity contribution in [3.63, 3.8) is 0 Å². The van der Waals surface area contributed by atoms with E-state index in [1.54, 1.807) is 0 Å². The topological polar surface area (TPSA) is 95.0 Å². The quantitative estimate of drug-likeness (QED) is 0.541. The van der Waals surface area contributed by atoms with Crippen molar-refractivity contribution < 1.29 is 22.8 Å². The van der Waals surface area contributed by atoms with E-state index in [1.807, 2.05) is 6.92 Å². The molecule has 140 valence electrons. The molecule has 0 unspecified atom stereocenters. The summed E-state index contributed by atoms with van der Waals surface area (Å²) in [6.45, 7) is 2.16. The first kappa shape index (κ1) is 18.4. The van der Waals surface area contributed by atoms with Crippen molar-refractivity contribution in [2.45, 2.75) is 13.3 Å². The number of rotatable bonds is 4. The van der Waals surface area contributed by atoms with Gasteiger partial charge in [-0.25, -0.2) is 13.2 Å². The van der Waals surface area contributed by atoms with Gasteiger partial charge in [0.25, 0.3) is 0 Å². The fourth-order valence-electron chi connectivity index (χ4n) is 2.76. The number of hydrogen-bond acceptors (Lipinski definition) is 4. The fraction of sp³-hybridized carbons (Fsp3) is 0.167. The van der Waals surface area contributed by atoms with Gasteiger partial charge in [0.05, 0.1) is 5.56 Å². The number of nitrogen functional groups attached to an aromatic ring is 1. The van der Waals surface area contributed by atoms with Gasteiger partial charge in [-0.3, -0.25) is 4.79 Å². The zero-order valence-corrected chi connectivity index (χ0v) is 14.2. The van der Waals surface area contributed by atoms with E-state index in [0.29, 0.717) is 19.0 Å². The minimum atomic E-state index is -0.917. The molecule has 1 amide bonds. The van der Waals surface area contributed by atoms with Crippen LogP contribution in [0.15, 0.2) is 30.3 Å². The summed E-state index contributed by atoms with van der Waals surface area (Å²) in [5, 5.41) is 18.6. The maximum absolute atomic E-state index is 14.4. The van der Waals surface area contributed by atoms with Crippen LogP contribution in [0.5, 0.6) is 0 Å². The second kappa shape index (κ2) is 7.10. The maximum Gasteiger partial charge on any atom is 0.332 e. The lowest BCUT2D eigenvalue weighted by atomic mass is 10.00. The number of fused-ring (bicyclic) bond motifs is 1. The van der Waals surface area contributed by atoms with Gasteiger partial charge in [0.1, 0.15) is 23.1 Å². The van der Waals surface area contributed by atoms with Crippen molar-refractivity contribution in [2.75, 3.05) is 12.3 Å². The molecule has 0 spiro atoms. The highest BCUT2D eigenvalue weighted by atomic mass is 19.1. The van der Waals surface area contributed by atoms with E-state index in [1.165, 1.54) is 6.07 Å². The fourth-order valence-corrected chi connectivity index (χ4v) is 2.76. The highest BCUT2D eigenvalue weighted by Gasteiger charge is 2.27. The first-order valence-corrected chi connectivity index (χ1v) is 8.09. The Labute approximate surface area is 152 Å². The molecule has 1 aromatic heterocycles. The highest BCUT2D eigenvalue weighted by molar-refractivity contribution is 6.06. The van der Waals surface area contributed by atoms with Crippen LogP contribution in [0.4, 0.5) is 18.9 Å². The van der Waals surface area contributed by atoms with Gasteiger partial charge in [0.2, 0.25) is 0 Å². The summed E-state index contributed by atoms with van der Waals surface area (Å²) in [4.78, 5) is 12.2. The zero-order valence-electron chi connectivity index (χ0n) is 14.2. The Bertz CT molecular complexity index is 1040. The Balaban J connectivity index is 2.28. The van der Waals surface area contributed by atoms with E-state index in [0.717, 1.165) is 18.2 Å². The number of nitrogens with one attached hydrogen (secondary N) is 1. The summed E-state index contributed by atoms with van der Waals surface area (Å²) in [7, 11) is 0. The summed E-state index contributed by atoms with van der Waals surface area (Å²) in [5.74, 6) is -3.40. The number of nitrogens with zero attached hydrogens (tertiary/aromatic N) is 2. The van der Waals surface area contributed by atoms with E-state index < -0.39 is 29.1 Å². The van der Waals surface area contributed by atoms with E-state index in [4.69, 9.17) is 5.73 Å². The number of halogens is 3. The molecule has 0 fully saturated rings. The molecule has 0 aliphatic rings. The number of aromatic nitrogens is 2. The van der Waals surface area contributed by atoms with Gasteiger partial charge in [-0.2, -0.15) is 0 Å². The molecule has 3 N–H and O–H groups in total. The number of anilines is 1. The molecular weight excluding hydrogens is 361 g/mol. The summed E-state index contributed by atoms with van der Waals surface area (Å²) in [5.41, 5.74) is 4.67. The van der Waals surface area contributed by atoms with Crippen LogP contribution in [-0.2, 0) is 0 Å². The van der Waals surface area contributed by atoms with E-state index in [9.17, 15) is 23.2 Å². The molecule has 3 aromatic rings. The summed E-state index contributed by atoms with van der Waals surface area (Å²) in [6, 6.07) is 4.74. The molecule has 0 radical (unpaired) electrons. The zero-order chi connectivity index (χ0) is 19.7. The van der Waals surface area contributed by atoms with Gasteiger partial charge in [0, 0.05) is 23.1 Å². The molecule has 27 heavy (non-hydrogen) atoms. The smallest absolute Gasteiger partial charge is 0.332 e. The second-order valence-electron chi connectivity index (χ2n) is 5.87. The van der Waals surface area contributed by atoms with Crippen LogP contribution in [0.2, 0.25) is 0 Å². The van der Waals surface area contributed by atoms with E-state index in [2.05, 4.69) is 10.4 Å². The molecule has 0 saturated carbocycles. The maximum atomic E-state index is 14.4. The largest absolute Gasteiger partial charge is 0.594 e. The third-order valence-electron chi connectivity index (χ3n) is 3.96. The molecule has 2 aromatic carbocycles. The van der Waals surface area contributed by atoms with Crippen molar-refractivity contribution in [1.82, 2.24) is 10.4 Å². The molecule has 0 aliphatic carbocycles. The third-order valence-corrected chi connectivity index (χ3v) is 3.96. The summed E-state index contributed by atoms with van der Waals surface area (Å²) < 4.78 is 41.6. The van der Waals surface area contributed by atoms with Crippen LogP contribution in [0, 0.1) is 22.7 Å². The Morgan fingerprint density at radius 1 is 1.22 bits per heavy atom. The van der Waals surface area contributed by atoms with E-state index in [-0.39, 0.29) is 32.6 Å². The molecule has 0 atom stereocenters. The van der Waals surface area contributed by atoms with Crippen LogP contribution in [0.25, 0.3) is 22.0 Å². The minimum Gasteiger partial charge on any atom is -0.594 e. The van der Waals surface area contributed by atoms with Crippen molar-refractivity contribution >= 4 is 22.5 Å². The first-order chi connectivity index (χ1) is 12.8. The second-order valence-corrected chi connectivity index (χ2v) is 5.87. The van der Waals surface area contributed by atoms with Gasteiger partial charge in [0.15, 0.2) is 5.52 Å². The molecular formula is C18H15F3N4O2. The minimum absolute atomic E-state index is 0.0126. The SMILES string of the molecule is CCCNC(=O)c1c(N)c2ccc(F)c(-c3cc(F)cc(F)c3)c2n[n+]1[O-]. The molecule has 0 saturated heterocycles. The third kappa shape index (κ3) is 3.35. The van der Waals surface area contributed by atoms with Crippen LogP contribution < -0.4 is 15.9 Å².